The minimum atomic E-state index is -2.05. The van der Waals surface area contributed by atoms with Crippen molar-refractivity contribution in [1.29, 1.82) is 0 Å². The molecule has 0 radical (unpaired) electrons. The maximum Gasteiger partial charge on any atom is 0.260 e. The van der Waals surface area contributed by atoms with Crippen LogP contribution in [0, 0.1) is 23.3 Å². The molecular formula is C15H7F4N3OS. The van der Waals surface area contributed by atoms with Crippen LogP contribution in [0.15, 0.2) is 36.0 Å². The van der Waals surface area contributed by atoms with E-state index in [0.717, 1.165) is 11.3 Å². The van der Waals surface area contributed by atoms with E-state index in [9.17, 15) is 22.4 Å². The number of carbonyl (C=O) groups is 1. The number of hydrogen-bond acceptors (Lipinski definition) is 4. The van der Waals surface area contributed by atoms with Gasteiger partial charge in [-0.1, -0.05) is 0 Å². The fraction of sp³-hybridized carbons (Fsp3) is 0. The van der Waals surface area contributed by atoms with Gasteiger partial charge < -0.3 is 0 Å². The van der Waals surface area contributed by atoms with Gasteiger partial charge in [-0.2, -0.15) is 0 Å². The van der Waals surface area contributed by atoms with Gasteiger partial charge in [-0.3, -0.25) is 15.1 Å². The van der Waals surface area contributed by atoms with Crippen LogP contribution < -0.4 is 5.32 Å². The standard InChI is InChI=1S/C15H7F4N3OS/c16-9-4-8(11(17)13(19)12(9)18)14(23)22-15-21-10(6-24-15)7-2-1-3-20-5-7/h1-6H,(H,21,22,23). The van der Waals surface area contributed by atoms with Gasteiger partial charge in [-0.05, 0) is 18.2 Å². The molecule has 0 saturated carbocycles. The molecule has 3 rings (SSSR count). The van der Waals surface area contributed by atoms with Crippen molar-refractivity contribution in [2.24, 2.45) is 0 Å². The van der Waals surface area contributed by atoms with Gasteiger partial charge in [0.1, 0.15) is 0 Å². The van der Waals surface area contributed by atoms with Gasteiger partial charge in [0.05, 0.1) is 11.3 Å². The van der Waals surface area contributed by atoms with Gasteiger partial charge in [-0.15, -0.1) is 11.3 Å². The maximum absolute atomic E-state index is 13.6. The molecule has 122 valence electrons. The molecule has 1 aromatic carbocycles. The topological polar surface area (TPSA) is 54.9 Å². The summed E-state index contributed by atoms with van der Waals surface area (Å²) in [5.74, 6) is -8.59. The second-order valence-corrected chi connectivity index (χ2v) is 5.44. The molecule has 9 heteroatoms. The van der Waals surface area contributed by atoms with Crippen LogP contribution in [0.2, 0.25) is 0 Å². The molecular weight excluding hydrogens is 346 g/mol. The van der Waals surface area contributed by atoms with Crippen LogP contribution in [0.1, 0.15) is 10.4 Å². The molecule has 0 aliphatic carbocycles. The molecule has 0 aliphatic heterocycles. The Morgan fingerprint density at radius 3 is 2.62 bits per heavy atom. The van der Waals surface area contributed by atoms with E-state index in [1.54, 1.807) is 29.9 Å². The van der Waals surface area contributed by atoms with Gasteiger partial charge in [-0.25, -0.2) is 22.5 Å². The lowest BCUT2D eigenvalue weighted by Crippen LogP contribution is -2.16. The molecule has 3 aromatic rings. The lowest BCUT2D eigenvalue weighted by molar-refractivity contribution is 0.102. The van der Waals surface area contributed by atoms with Crippen molar-refractivity contribution < 1.29 is 22.4 Å². The van der Waals surface area contributed by atoms with Gasteiger partial charge >= 0.3 is 0 Å². The predicted octanol–water partition coefficient (Wildman–Crippen LogP) is 4.01. The zero-order chi connectivity index (χ0) is 17.3. The Bertz CT molecular complexity index is 915. The lowest BCUT2D eigenvalue weighted by atomic mass is 10.1. The summed E-state index contributed by atoms with van der Waals surface area (Å²) in [4.78, 5) is 20.0. The highest BCUT2D eigenvalue weighted by atomic mass is 32.1. The summed E-state index contributed by atoms with van der Waals surface area (Å²) in [6.45, 7) is 0. The van der Waals surface area contributed by atoms with Crippen molar-refractivity contribution >= 4 is 22.4 Å². The third-order valence-corrected chi connectivity index (χ3v) is 3.79. The summed E-state index contributed by atoms with van der Waals surface area (Å²) in [6.07, 6.45) is 3.14. The number of aromatic nitrogens is 2. The van der Waals surface area contributed by atoms with Gasteiger partial charge in [0.15, 0.2) is 28.4 Å². The van der Waals surface area contributed by atoms with Crippen molar-refractivity contribution in [3.8, 4) is 11.3 Å². The molecule has 0 atom stereocenters. The Morgan fingerprint density at radius 2 is 1.92 bits per heavy atom. The molecule has 0 saturated heterocycles. The highest BCUT2D eigenvalue weighted by molar-refractivity contribution is 7.14. The summed E-state index contributed by atoms with van der Waals surface area (Å²) in [7, 11) is 0. The van der Waals surface area contributed by atoms with Crippen molar-refractivity contribution in [3.63, 3.8) is 0 Å². The summed E-state index contributed by atoms with van der Waals surface area (Å²) < 4.78 is 52.9. The summed E-state index contributed by atoms with van der Waals surface area (Å²) >= 11 is 1.03. The predicted molar refractivity (Wildman–Crippen MR) is 79.6 cm³/mol. The Balaban J connectivity index is 1.85. The quantitative estimate of drug-likeness (QED) is 0.440. The van der Waals surface area contributed by atoms with Crippen molar-refractivity contribution in [2.45, 2.75) is 0 Å². The molecule has 0 unspecified atom stereocenters. The summed E-state index contributed by atoms with van der Waals surface area (Å²) in [5, 5.41) is 3.92. The Hall–Kier alpha value is -2.81. The molecule has 0 fully saturated rings. The molecule has 4 nitrogen and oxygen atoms in total. The van der Waals surface area contributed by atoms with Crippen molar-refractivity contribution in [3.05, 3.63) is 64.8 Å². The van der Waals surface area contributed by atoms with Crippen molar-refractivity contribution in [1.82, 2.24) is 9.97 Å². The van der Waals surface area contributed by atoms with Crippen molar-refractivity contribution in [2.75, 3.05) is 5.32 Å². The smallest absolute Gasteiger partial charge is 0.260 e. The first kappa shape index (κ1) is 16.1. The Kier molecular flexibility index (Phi) is 4.26. The zero-order valence-electron chi connectivity index (χ0n) is 11.7. The first-order chi connectivity index (χ1) is 11.5. The van der Waals surface area contributed by atoms with E-state index in [1.807, 2.05) is 0 Å². The molecule has 2 heterocycles. The van der Waals surface area contributed by atoms with E-state index in [0.29, 0.717) is 17.3 Å². The molecule has 1 amide bonds. The normalized spacial score (nSPS) is 10.7. The van der Waals surface area contributed by atoms with Crippen LogP contribution in [0.3, 0.4) is 0 Å². The van der Waals surface area contributed by atoms with Gasteiger partial charge in [0.2, 0.25) is 0 Å². The first-order valence-corrected chi connectivity index (χ1v) is 7.35. The average Bonchev–Trinajstić information content (AvgIpc) is 3.05. The SMILES string of the molecule is O=C(Nc1nc(-c2cccnc2)cs1)c1cc(F)c(F)c(F)c1F. The van der Waals surface area contributed by atoms with E-state index < -0.39 is 34.7 Å². The van der Waals surface area contributed by atoms with E-state index in [4.69, 9.17) is 0 Å². The number of rotatable bonds is 3. The second kappa shape index (κ2) is 6.36. The number of nitrogens with one attached hydrogen (secondary N) is 1. The Morgan fingerprint density at radius 1 is 1.12 bits per heavy atom. The minimum absolute atomic E-state index is 0.0865. The number of thiazole rings is 1. The fourth-order valence-corrected chi connectivity index (χ4v) is 2.60. The molecule has 0 bridgehead atoms. The number of anilines is 1. The molecule has 0 spiro atoms. The lowest BCUT2D eigenvalue weighted by Gasteiger charge is -2.05. The van der Waals surface area contributed by atoms with Crippen LogP contribution >= 0.6 is 11.3 Å². The van der Waals surface area contributed by atoms with Crippen LogP contribution in [-0.2, 0) is 0 Å². The molecule has 1 N–H and O–H groups in total. The zero-order valence-corrected chi connectivity index (χ0v) is 12.5. The molecule has 2 aromatic heterocycles. The van der Waals surface area contributed by atoms with Crippen LogP contribution in [-0.4, -0.2) is 15.9 Å². The maximum atomic E-state index is 13.6. The highest BCUT2D eigenvalue weighted by Crippen LogP contribution is 2.25. The minimum Gasteiger partial charge on any atom is -0.298 e. The molecule has 24 heavy (non-hydrogen) atoms. The second-order valence-electron chi connectivity index (χ2n) is 4.58. The monoisotopic (exact) mass is 353 g/mol. The van der Waals surface area contributed by atoms with Crippen LogP contribution in [0.25, 0.3) is 11.3 Å². The average molecular weight is 353 g/mol. The van der Waals surface area contributed by atoms with E-state index in [2.05, 4.69) is 15.3 Å². The van der Waals surface area contributed by atoms with Crippen LogP contribution in [0.5, 0.6) is 0 Å². The van der Waals surface area contributed by atoms with E-state index in [-0.39, 0.29) is 5.13 Å². The number of benzene rings is 1. The number of nitrogens with zero attached hydrogens (tertiary/aromatic N) is 2. The van der Waals surface area contributed by atoms with Gasteiger partial charge in [0.25, 0.3) is 5.91 Å². The number of hydrogen-bond donors (Lipinski definition) is 1. The summed E-state index contributed by atoms with van der Waals surface area (Å²) in [6, 6.07) is 3.74. The largest absolute Gasteiger partial charge is 0.298 e. The third kappa shape index (κ3) is 2.98. The third-order valence-electron chi connectivity index (χ3n) is 3.03. The first-order valence-electron chi connectivity index (χ1n) is 6.47. The highest BCUT2D eigenvalue weighted by Gasteiger charge is 2.23. The Labute approximate surface area is 136 Å². The van der Waals surface area contributed by atoms with E-state index in [1.165, 1.54) is 0 Å². The van der Waals surface area contributed by atoms with Crippen LogP contribution in [0.4, 0.5) is 22.7 Å². The number of carbonyl (C=O) groups excluding carboxylic acids is 1. The summed E-state index contributed by atoms with van der Waals surface area (Å²) in [5.41, 5.74) is 0.254. The van der Waals surface area contributed by atoms with E-state index >= 15 is 0 Å². The fourth-order valence-electron chi connectivity index (χ4n) is 1.88. The number of pyridine rings is 1. The number of amides is 1. The molecule has 0 aliphatic rings. The van der Waals surface area contributed by atoms with Gasteiger partial charge in [0, 0.05) is 23.3 Å². The number of halogens is 4.